The predicted molar refractivity (Wildman–Crippen MR) is 72.2 cm³/mol. The zero-order chi connectivity index (χ0) is 13.8. The van der Waals surface area contributed by atoms with Crippen LogP contribution in [0.2, 0.25) is 0 Å². The molecular weight excluding hydrogens is 244 g/mol. The number of carbonyl (C=O) groups is 1. The van der Waals surface area contributed by atoms with E-state index in [2.05, 4.69) is 5.32 Å². The van der Waals surface area contributed by atoms with Crippen LogP contribution in [0.25, 0.3) is 0 Å². The van der Waals surface area contributed by atoms with Gasteiger partial charge in [0.2, 0.25) is 5.91 Å². The molecule has 1 aromatic rings. The Hall–Kier alpha value is -1.75. The van der Waals surface area contributed by atoms with Gasteiger partial charge in [0, 0.05) is 6.04 Å². The molecule has 1 amide bonds. The Morgan fingerprint density at radius 3 is 2.68 bits per heavy atom. The van der Waals surface area contributed by atoms with Crippen molar-refractivity contribution in [3.05, 3.63) is 23.8 Å². The summed E-state index contributed by atoms with van der Waals surface area (Å²) in [5, 5.41) is 3.36. The van der Waals surface area contributed by atoms with Crippen molar-refractivity contribution in [2.24, 2.45) is 11.7 Å². The summed E-state index contributed by atoms with van der Waals surface area (Å²) in [5.41, 5.74) is 6.49. The van der Waals surface area contributed by atoms with E-state index < -0.39 is 0 Å². The summed E-state index contributed by atoms with van der Waals surface area (Å²) in [5.74, 6) is 0.909. The SMILES string of the molecule is COc1ccc(C2NCCCC2C(N)=O)cc1OC. The molecule has 2 rings (SSSR count). The Labute approximate surface area is 113 Å². The van der Waals surface area contributed by atoms with Crippen molar-refractivity contribution in [1.29, 1.82) is 0 Å². The third kappa shape index (κ3) is 2.81. The fourth-order valence-electron chi connectivity index (χ4n) is 2.59. The van der Waals surface area contributed by atoms with E-state index in [1.54, 1.807) is 14.2 Å². The normalized spacial score (nSPS) is 22.8. The maximum absolute atomic E-state index is 11.5. The standard InChI is InChI=1S/C14H20N2O3/c1-18-11-6-5-9(8-12(11)19-2)13-10(14(15)17)4-3-7-16-13/h5-6,8,10,13,16H,3-4,7H2,1-2H3,(H2,15,17). The van der Waals surface area contributed by atoms with Gasteiger partial charge in [0.1, 0.15) is 0 Å². The molecule has 2 atom stereocenters. The first-order valence-corrected chi connectivity index (χ1v) is 6.42. The van der Waals surface area contributed by atoms with Crippen LogP contribution in [0.5, 0.6) is 11.5 Å². The van der Waals surface area contributed by atoms with Crippen LogP contribution < -0.4 is 20.5 Å². The lowest BCUT2D eigenvalue weighted by Gasteiger charge is -2.31. The van der Waals surface area contributed by atoms with Crippen molar-refractivity contribution < 1.29 is 14.3 Å². The van der Waals surface area contributed by atoms with Gasteiger partial charge in [0.15, 0.2) is 11.5 Å². The molecule has 2 unspecified atom stereocenters. The lowest BCUT2D eigenvalue weighted by molar-refractivity contribution is -0.123. The first-order chi connectivity index (χ1) is 9.17. The minimum Gasteiger partial charge on any atom is -0.493 e. The third-order valence-electron chi connectivity index (χ3n) is 3.59. The molecule has 0 saturated carbocycles. The Balaban J connectivity index is 2.31. The minimum absolute atomic E-state index is 0.0499. The van der Waals surface area contributed by atoms with E-state index in [1.165, 1.54) is 0 Å². The summed E-state index contributed by atoms with van der Waals surface area (Å²) in [6.07, 6.45) is 1.79. The van der Waals surface area contributed by atoms with Crippen LogP contribution in [-0.2, 0) is 4.79 Å². The van der Waals surface area contributed by atoms with Crippen LogP contribution in [0.3, 0.4) is 0 Å². The summed E-state index contributed by atoms with van der Waals surface area (Å²) < 4.78 is 10.5. The Morgan fingerprint density at radius 1 is 1.32 bits per heavy atom. The largest absolute Gasteiger partial charge is 0.493 e. The maximum atomic E-state index is 11.5. The van der Waals surface area contributed by atoms with Gasteiger partial charge in [-0.1, -0.05) is 6.07 Å². The van der Waals surface area contributed by atoms with Gasteiger partial charge in [-0.25, -0.2) is 0 Å². The molecule has 1 saturated heterocycles. The molecule has 1 fully saturated rings. The van der Waals surface area contributed by atoms with E-state index in [9.17, 15) is 4.79 Å². The van der Waals surface area contributed by atoms with Crippen LogP contribution in [0.4, 0.5) is 0 Å². The summed E-state index contributed by atoms with van der Waals surface area (Å²) >= 11 is 0. The molecule has 19 heavy (non-hydrogen) atoms. The van der Waals surface area contributed by atoms with Crippen LogP contribution in [-0.4, -0.2) is 26.7 Å². The van der Waals surface area contributed by atoms with Crippen LogP contribution in [0.15, 0.2) is 18.2 Å². The first-order valence-electron chi connectivity index (χ1n) is 6.42. The van der Waals surface area contributed by atoms with Crippen LogP contribution in [0, 0.1) is 5.92 Å². The number of ether oxygens (including phenoxy) is 2. The van der Waals surface area contributed by atoms with Crippen molar-refractivity contribution in [1.82, 2.24) is 5.32 Å². The fraction of sp³-hybridized carbons (Fsp3) is 0.500. The summed E-state index contributed by atoms with van der Waals surface area (Å²) in [6, 6.07) is 5.65. The summed E-state index contributed by atoms with van der Waals surface area (Å²) in [7, 11) is 3.20. The number of hydrogen-bond acceptors (Lipinski definition) is 4. The number of benzene rings is 1. The van der Waals surface area contributed by atoms with E-state index in [0.29, 0.717) is 11.5 Å². The second kappa shape index (κ2) is 5.93. The molecule has 5 nitrogen and oxygen atoms in total. The van der Waals surface area contributed by atoms with Crippen molar-refractivity contribution >= 4 is 5.91 Å². The number of piperidine rings is 1. The zero-order valence-electron chi connectivity index (χ0n) is 11.3. The summed E-state index contributed by atoms with van der Waals surface area (Å²) in [6.45, 7) is 0.892. The van der Waals surface area contributed by atoms with Gasteiger partial charge in [0.05, 0.1) is 20.1 Å². The van der Waals surface area contributed by atoms with E-state index in [-0.39, 0.29) is 17.9 Å². The number of primary amides is 1. The molecule has 5 heteroatoms. The highest BCUT2D eigenvalue weighted by Gasteiger charge is 2.30. The summed E-state index contributed by atoms with van der Waals surface area (Å²) in [4.78, 5) is 11.5. The van der Waals surface area contributed by atoms with Crippen LogP contribution in [0.1, 0.15) is 24.4 Å². The van der Waals surface area contributed by atoms with Gasteiger partial charge in [-0.2, -0.15) is 0 Å². The highest BCUT2D eigenvalue weighted by molar-refractivity contribution is 5.78. The lowest BCUT2D eigenvalue weighted by Crippen LogP contribution is -2.40. The van der Waals surface area contributed by atoms with Gasteiger partial charge in [-0.15, -0.1) is 0 Å². The average Bonchev–Trinajstić information content (AvgIpc) is 2.46. The van der Waals surface area contributed by atoms with E-state index in [1.807, 2.05) is 18.2 Å². The van der Waals surface area contributed by atoms with E-state index in [4.69, 9.17) is 15.2 Å². The molecule has 1 aromatic carbocycles. The van der Waals surface area contributed by atoms with Gasteiger partial charge < -0.3 is 20.5 Å². The van der Waals surface area contributed by atoms with Gasteiger partial charge in [-0.3, -0.25) is 4.79 Å². The molecule has 0 aliphatic carbocycles. The quantitative estimate of drug-likeness (QED) is 0.858. The second-order valence-corrected chi connectivity index (χ2v) is 4.70. The van der Waals surface area contributed by atoms with Crippen molar-refractivity contribution in [2.45, 2.75) is 18.9 Å². The molecule has 0 spiro atoms. The van der Waals surface area contributed by atoms with E-state index in [0.717, 1.165) is 24.9 Å². The Morgan fingerprint density at radius 2 is 2.05 bits per heavy atom. The number of nitrogens with two attached hydrogens (primary N) is 1. The molecule has 3 N–H and O–H groups in total. The molecule has 1 aliphatic rings. The fourth-order valence-corrected chi connectivity index (χ4v) is 2.59. The lowest BCUT2D eigenvalue weighted by atomic mass is 9.85. The van der Waals surface area contributed by atoms with Gasteiger partial charge >= 0.3 is 0 Å². The zero-order valence-corrected chi connectivity index (χ0v) is 11.3. The highest BCUT2D eigenvalue weighted by Crippen LogP contribution is 2.34. The second-order valence-electron chi connectivity index (χ2n) is 4.70. The predicted octanol–water partition coefficient (Wildman–Crippen LogP) is 1.23. The molecule has 1 aliphatic heterocycles. The maximum Gasteiger partial charge on any atom is 0.222 e. The third-order valence-corrected chi connectivity index (χ3v) is 3.59. The monoisotopic (exact) mass is 264 g/mol. The number of rotatable bonds is 4. The van der Waals surface area contributed by atoms with E-state index >= 15 is 0 Å². The smallest absolute Gasteiger partial charge is 0.222 e. The number of methoxy groups -OCH3 is 2. The van der Waals surface area contributed by atoms with Crippen molar-refractivity contribution in [3.63, 3.8) is 0 Å². The Bertz CT molecular complexity index is 462. The van der Waals surface area contributed by atoms with Crippen LogP contribution >= 0.6 is 0 Å². The molecular formula is C14H20N2O3. The van der Waals surface area contributed by atoms with Crippen molar-refractivity contribution in [3.8, 4) is 11.5 Å². The molecule has 104 valence electrons. The average molecular weight is 264 g/mol. The van der Waals surface area contributed by atoms with Crippen molar-refractivity contribution in [2.75, 3.05) is 20.8 Å². The topological polar surface area (TPSA) is 73.6 Å². The molecule has 0 aromatic heterocycles. The molecule has 0 bridgehead atoms. The highest BCUT2D eigenvalue weighted by atomic mass is 16.5. The van der Waals surface area contributed by atoms with Gasteiger partial charge in [-0.05, 0) is 37.1 Å². The number of hydrogen-bond donors (Lipinski definition) is 2. The Kier molecular flexibility index (Phi) is 4.27. The number of nitrogens with one attached hydrogen (secondary N) is 1. The minimum atomic E-state index is -0.257. The number of amides is 1. The van der Waals surface area contributed by atoms with Gasteiger partial charge in [0.25, 0.3) is 0 Å². The molecule has 0 radical (unpaired) electrons. The first kappa shape index (κ1) is 13.7. The molecule has 1 heterocycles. The number of carbonyl (C=O) groups excluding carboxylic acids is 1.